The van der Waals surface area contributed by atoms with Gasteiger partial charge in [0.15, 0.2) is 21.5 Å². The number of anilines is 1. The Labute approximate surface area is 176 Å². The van der Waals surface area contributed by atoms with Crippen molar-refractivity contribution in [2.24, 2.45) is 0 Å². The number of hydrogen-bond donors (Lipinski definition) is 2. The van der Waals surface area contributed by atoms with Crippen molar-refractivity contribution in [1.82, 2.24) is 24.2 Å². The van der Waals surface area contributed by atoms with E-state index in [4.69, 9.17) is 15.2 Å². The van der Waals surface area contributed by atoms with E-state index in [9.17, 15) is 8.42 Å². The van der Waals surface area contributed by atoms with Crippen LogP contribution in [0.15, 0.2) is 12.7 Å². The van der Waals surface area contributed by atoms with Crippen LogP contribution in [0, 0.1) is 6.04 Å². The Morgan fingerprint density at radius 3 is 2.85 bits per heavy atom. The molecule has 2 saturated heterocycles. The molecule has 10 nitrogen and oxygen atoms in total. The minimum atomic E-state index is -3.34. The largest absolute Gasteiger partial charge is 0.442 e. The van der Waals surface area contributed by atoms with Gasteiger partial charge in [-0.2, -0.15) is 6.04 Å². The normalized spacial score (nSPS) is 23.7. The number of nitrogens with zero attached hydrogens (tertiary/aromatic N) is 4. The fraction of sp³-hybridized carbons (Fsp3) is 0.571. The van der Waals surface area contributed by atoms with Crippen molar-refractivity contribution < 1.29 is 50.6 Å². The molecule has 12 heteroatoms. The monoisotopic (exact) mass is 456 g/mol. The van der Waals surface area contributed by atoms with Gasteiger partial charge in [0.05, 0.1) is 18.2 Å². The quantitative estimate of drug-likeness (QED) is 0.579. The molecule has 0 saturated carbocycles. The average Bonchev–Trinajstić information content (AvgIpc) is 3.16. The van der Waals surface area contributed by atoms with Crippen LogP contribution in [0.25, 0.3) is 11.2 Å². The molecule has 4 heterocycles. The molecule has 2 aliphatic heterocycles. The first kappa shape index (κ1) is 20.0. The number of rotatable bonds is 6. The molecule has 2 aromatic rings. The van der Waals surface area contributed by atoms with Gasteiger partial charge in [-0.05, 0) is 19.3 Å². The van der Waals surface area contributed by atoms with Gasteiger partial charge in [-0.25, -0.2) is 23.4 Å². The Morgan fingerprint density at radius 2 is 2.12 bits per heavy atom. The van der Waals surface area contributed by atoms with Crippen molar-refractivity contribution in [2.75, 3.05) is 24.7 Å². The van der Waals surface area contributed by atoms with Crippen LogP contribution < -0.4 is 10.5 Å². The first-order valence-corrected chi connectivity index (χ1v) is 9.68. The van der Waals surface area contributed by atoms with Crippen molar-refractivity contribution in [2.45, 2.75) is 31.6 Å². The van der Waals surface area contributed by atoms with Crippen molar-refractivity contribution in [3.05, 3.63) is 18.7 Å². The number of nitrogens with two attached hydrogens (primary N) is 1. The summed E-state index contributed by atoms with van der Waals surface area (Å²) in [5.74, 6) is 0.348. The smallest absolute Gasteiger partial charge is 0.184 e. The van der Waals surface area contributed by atoms with Crippen LogP contribution in [0.5, 0.6) is 0 Å². The average molecular weight is 456 g/mol. The van der Waals surface area contributed by atoms with Crippen molar-refractivity contribution in [1.29, 1.82) is 0 Å². The number of ether oxygens (including phenoxy) is 2. The molecule has 3 N–H and O–H groups in total. The number of fused-ring (bicyclic) bond motifs is 1. The summed E-state index contributed by atoms with van der Waals surface area (Å²) in [6, 6.07) is 0.701. The van der Waals surface area contributed by atoms with Crippen molar-refractivity contribution in [3.8, 4) is 0 Å². The summed E-state index contributed by atoms with van der Waals surface area (Å²) in [7, 11) is -3.34. The number of nitrogens with one attached hydrogen (secondary N) is 1. The Bertz CT molecular complexity index is 871. The molecule has 2 aromatic heterocycles. The van der Waals surface area contributed by atoms with Crippen molar-refractivity contribution in [3.63, 3.8) is 0 Å². The van der Waals surface area contributed by atoms with Gasteiger partial charge < -0.3 is 19.9 Å². The third kappa shape index (κ3) is 4.23. The Balaban J connectivity index is 0.00000196. The van der Waals surface area contributed by atoms with Gasteiger partial charge in [0.1, 0.15) is 18.1 Å². The number of aromatic nitrogens is 4. The number of hydrogen-bond acceptors (Lipinski definition) is 8. The maximum absolute atomic E-state index is 12.0. The third-order valence-electron chi connectivity index (χ3n) is 4.34. The van der Waals surface area contributed by atoms with Crippen LogP contribution in [0.1, 0.15) is 25.5 Å². The second kappa shape index (κ2) is 8.11. The molecule has 0 amide bonds. The summed E-state index contributed by atoms with van der Waals surface area (Å²) < 4.78 is 39.4. The second-order valence-electron chi connectivity index (χ2n) is 6.18. The zero-order valence-corrected chi connectivity index (χ0v) is 17.7. The minimum absolute atomic E-state index is 0. The van der Waals surface area contributed by atoms with Crippen molar-refractivity contribution >= 4 is 27.0 Å². The first-order valence-electron chi connectivity index (χ1n) is 8.03. The molecule has 0 spiro atoms. The molecule has 0 bridgehead atoms. The molecule has 0 unspecified atom stereocenters. The molecule has 139 valence electrons. The fourth-order valence-electron chi connectivity index (χ4n) is 3.01. The maximum atomic E-state index is 12.0. The summed E-state index contributed by atoms with van der Waals surface area (Å²) >= 11 is 0. The molecule has 4 rings (SSSR count). The molecule has 1 radical (unpaired) electrons. The second-order valence-corrected chi connectivity index (χ2v) is 8.02. The molecule has 26 heavy (non-hydrogen) atoms. The van der Waals surface area contributed by atoms with Crippen LogP contribution in [0.4, 0.5) is 5.82 Å². The number of nitrogen functional groups attached to an aromatic ring is 1. The van der Waals surface area contributed by atoms with Gasteiger partial charge in [-0.15, -0.1) is 0 Å². The molecule has 2 atom stereocenters. The van der Waals surface area contributed by atoms with E-state index >= 15 is 0 Å². The van der Waals surface area contributed by atoms with Crippen LogP contribution >= 0.6 is 0 Å². The summed E-state index contributed by atoms with van der Waals surface area (Å²) in [5, 5.41) is 0. The molecular formula is C14H19N6O4SY-. The zero-order chi connectivity index (χ0) is 17.4. The Hall–Kier alpha value is -0.716. The number of imidazole rings is 1. The first-order chi connectivity index (χ1) is 12.0. The van der Waals surface area contributed by atoms with Crippen LogP contribution in [-0.2, 0) is 52.2 Å². The standard InChI is InChI=1S/C14H19N6O4S.Y/c15-13-12-14(17-7-16-13)20(8-18-12)11-2-1-10(24-11)3-4-25(21,22)19-9-5-23-6-9;/h7-8,10-11,19H,1-6H2,(H2,15,16,17);/q-1;/t10-,11+;/m0./s1. The SMILES string of the molecule is Nc1ncnc2c1ncn2[C@H]1CC[C@@H](CCS(=O)(=O)N[C-]2COC2)O1.[Y]. The molecule has 2 aliphatic rings. The molecule has 0 aliphatic carbocycles. The summed E-state index contributed by atoms with van der Waals surface area (Å²) in [5.41, 5.74) is 6.96. The Morgan fingerprint density at radius 1 is 1.31 bits per heavy atom. The van der Waals surface area contributed by atoms with Crippen LogP contribution in [0.2, 0.25) is 0 Å². The van der Waals surface area contributed by atoms with E-state index in [0.717, 1.165) is 12.8 Å². The van der Waals surface area contributed by atoms with Gasteiger partial charge >= 0.3 is 0 Å². The topological polar surface area (TPSA) is 134 Å². The predicted molar refractivity (Wildman–Crippen MR) is 88.5 cm³/mol. The predicted octanol–water partition coefficient (Wildman–Crippen LogP) is -0.0447. The summed E-state index contributed by atoms with van der Waals surface area (Å²) in [6.45, 7) is 0.722. The van der Waals surface area contributed by atoms with Gasteiger partial charge in [0, 0.05) is 32.7 Å². The minimum Gasteiger partial charge on any atom is -0.442 e. The van der Waals surface area contributed by atoms with E-state index in [-0.39, 0.29) is 50.8 Å². The van der Waals surface area contributed by atoms with E-state index in [1.54, 1.807) is 6.33 Å². The molecule has 0 aromatic carbocycles. The molecule has 2 fully saturated rings. The van der Waals surface area contributed by atoms with Gasteiger partial charge in [-0.3, -0.25) is 4.57 Å². The van der Waals surface area contributed by atoms with Crippen LogP contribution in [-0.4, -0.2) is 53.0 Å². The number of sulfonamides is 1. The van der Waals surface area contributed by atoms with Crippen LogP contribution in [0.3, 0.4) is 0 Å². The zero-order valence-electron chi connectivity index (χ0n) is 14.0. The van der Waals surface area contributed by atoms with E-state index in [2.05, 4.69) is 19.7 Å². The van der Waals surface area contributed by atoms with Gasteiger partial charge in [0.2, 0.25) is 0 Å². The van der Waals surface area contributed by atoms with Gasteiger partial charge in [0.25, 0.3) is 0 Å². The molecular weight excluding hydrogens is 437 g/mol. The van der Waals surface area contributed by atoms with E-state index < -0.39 is 10.0 Å². The Kier molecular flexibility index (Phi) is 6.25. The van der Waals surface area contributed by atoms with Gasteiger partial charge in [-0.1, -0.05) is 13.2 Å². The fourth-order valence-corrected chi connectivity index (χ4v) is 4.24. The summed E-state index contributed by atoms with van der Waals surface area (Å²) in [6.07, 6.45) is 4.65. The van der Waals surface area contributed by atoms with E-state index in [1.807, 2.05) is 4.57 Å². The maximum Gasteiger partial charge on any atom is 0.184 e. The summed E-state index contributed by atoms with van der Waals surface area (Å²) in [4.78, 5) is 12.4. The van der Waals surface area contributed by atoms with E-state index in [0.29, 0.717) is 42.7 Å². The van der Waals surface area contributed by atoms with E-state index in [1.165, 1.54) is 6.33 Å². The third-order valence-corrected chi connectivity index (χ3v) is 5.72.